The summed E-state index contributed by atoms with van der Waals surface area (Å²) in [5.74, 6) is -0.00358. The molecule has 0 saturated carbocycles. The maximum absolute atomic E-state index is 13.1. The lowest BCUT2D eigenvalue weighted by molar-refractivity contribution is 0.102. The Labute approximate surface area is 170 Å². The van der Waals surface area contributed by atoms with Gasteiger partial charge in [0.15, 0.2) is 0 Å². The van der Waals surface area contributed by atoms with Crippen LogP contribution in [0.15, 0.2) is 47.4 Å². The fourth-order valence-corrected chi connectivity index (χ4v) is 5.27. The summed E-state index contributed by atoms with van der Waals surface area (Å²) in [6.45, 7) is 2.39. The molecule has 28 heavy (non-hydrogen) atoms. The molecular weight excluding hydrogens is 400 g/mol. The molecule has 6 nitrogen and oxygen atoms in total. The largest absolute Gasteiger partial charge is 0.495 e. The maximum atomic E-state index is 13.1. The van der Waals surface area contributed by atoms with Gasteiger partial charge in [-0.3, -0.25) is 4.79 Å². The predicted octanol–water partition coefficient (Wildman–Crippen LogP) is 4.16. The number of hydrogen-bond acceptors (Lipinski definition) is 4. The van der Waals surface area contributed by atoms with Crippen molar-refractivity contribution in [3.05, 3.63) is 53.1 Å². The zero-order valence-electron chi connectivity index (χ0n) is 15.8. The van der Waals surface area contributed by atoms with Crippen molar-refractivity contribution >= 4 is 33.2 Å². The van der Waals surface area contributed by atoms with Crippen molar-refractivity contribution in [1.82, 2.24) is 4.31 Å². The van der Waals surface area contributed by atoms with Gasteiger partial charge in [-0.25, -0.2) is 8.42 Å². The molecule has 8 heteroatoms. The molecule has 1 fully saturated rings. The molecule has 1 N–H and O–H groups in total. The molecule has 2 aromatic carbocycles. The van der Waals surface area contributed by atoms with Crippen molar-refractivity contribution in [3.63, 3.8) is 0 Å². The van der Waals surface area contributed by atoms with Gasteiger partial charge in [-0.05, 0) is 50.1 Å². The molecule has 1 saturated heterocycles. The van der Waals surface area contributed by atoms with Crippen molar-refractivity contribution in [2.45, 2.75) is 37.1 Å². The van der Waals surface area contributed by atoms with Crippen LogP contribution in [0.4, 0.5) is 5.69 Å². The minimum atomic E-state index is -3.70. The first-order valence-corrected chi connectivity index (χ1v) is 10.9. The number of anilines is 1. The number of halogens is 1. The number of benzene rings is 2. The summed E-state index contributed by atoms with van der Waals surface area (Å²) >= 11 is 6.19. The van der Waals surface area contributed by atoms with Gasteiger partial charge in [0.2, 0.25) is 10.0 Å². The SMILES string of the molecule is COc1ccccc1NC(=O)c1cc(S(=O)(=O)N2CCCCC2C)ccc1Cl. The van der Waals surface area contributed by atoms with E-state index in [0.29, 0.717) is 18.0 Å². The molecule has 0 spiro atoms. The van der Waals surface area contributed by atoms with E-state index in [2.05, 4.69) is 5.32 Å². The standard InChI is InChI=1S/C20H23ClN2O4S/c1-14-7-5-6-12-23(14)28(25,26)15-10-11-17(21)16(13-15)20(24)22-18-8-3-4-9-19(18)27-2/h3-4,8-11,13-14H,5-7,12H2,1-2H3,(H,22,24). The first kappa shape index (κ1) is 20.6. The number of carbonyl (C=O) groups is 1. The number of amides is 1. The summed E-state index contributed by atoms with van der Waals surface area (Å²) in [7, 11) is -2.19. The highest BCUT2D eigenvalue weighted by atomic mass is 35.5. The molecule has 150 valence electrons. The maximum Gasteiger partial charge on any atom is 0.257 e. The second-order valence-corrected chi connectivity index (χ2v) is 9.05. The van der Waals surface area contributed by atoms with Crippen molar-refractivity contribution < 1.29 is 17.9 Å². The Hall–Kier alpha value is -2.09. The summed E-state index contributed by atoms with van der Waals surface area (Å²) in [5.41, 5.74) is 0.572. The van der Waals surface area contributed by atoms with Gasteiger partial charge in [0.05, 0.1) is 28.3 Å². The highest BCUT2D eigenvalue weighted by molar-refractivity contribution is 7.89. The summed E-state index contributed by atoms with van der Waals surface area (Å²) in [6.07, 6.45) is 2.67. The first-order chi connectivity index (χ1) is 13.3. The number of sulfonamides is 1. The number of rotatable bonds is 5. The van der Waals surface area contributed by atoms with Gasteiger partial charge < -0.3 is 10.1 Å². The fourth-order valence-electron chi connectivity index (χ4n) is 3.34. The zero-order valence-corrected chi connectivity index (χ0v) is 17.4. The van der Waals surface area contributed by atoms with E-state index < -0.39 is 15.9 Å². The molecule has 1 aliphatic heterocycles. The van der Waals surface area contributed by atoms with Crippen LogP contribution in [-0.4, -0.2) is 38.3 Å². The van der Waals surface area contributed by atoms with Crippen LogP contribution in [0.2, 0.25) is 5.02 Å². The highest BCUT2D eigenvalue weighted by Gasteiger charge is 2.31. The van der Waals surface area contributed by atoms with Crippen molar-refractivity contribution in [2.75, 3.05) is 19.0 Å². The number of para-hydroxylation sites is 2. The Bertz CT molecular complexity index is 978. The van der Waals surface area contributed by atoms with Gasteiger partial charge >= 0.3 is 0 Å². The molecule has 0 bridgehead atoms. The number of nitrogens with one attached hydrogen (secondary N) is 1. The van der Waals surface area contributed by atoms with Gasteiger partial charge in [0, 0.05) is 12.6 Å². The lowest BCUT2D eigenvalue weighted by Gasteiger charge is -2.32. The van der Waals surface area contributed by atoms with Crippen LogP contribution in [0, 0.1) is 0 Å². The van der Waals surface area contributed by atoms with E-state index in [1.807, 2.05) is 6.92 Å². The lowest BCUT2D eigenvalue weighted by atomic mass is 10.1. The Morgan fingerprint density at radius 3 is 2.68 bits per heavy atom. The topological polar surface area (TPSA) is 75.7 Å². The Kier molecular flexibility index (Phi) is 6.27. The number of hydrogen-bond donors (Lipinski definition) is 1. The first-order valence-electron chi connectivity index (χ1n) is 9.10. The Morgan fingerprint density at radius 1 is 1.21 bits per heavy atom. The van der Waals surface area contributed by atoms with E-state index in [1.54, 1.807) is 24.3 Å². The third-order valence-electron chi connectivity index (χ3n) is 4.89. The van der Waals surface area contributed by atoms with Crippen molar-refractivity contribution in [3.8, 4) is 5.75 Å². The smallest absolute Gasteiger partial charge is 0.257 e. The summed E-state index contributed by atoms with van der Waals surface area (Å²) in [4.78, 5) is 12.8. The van der Waals surface area contributed by atoms with Gasteiger partial charge in [-0.15, -0.1) is 0 Å². The molecule has 0 aliphatic carbocycles. The molecule has 0 aromatic heterocycles. The van der Waals surface area contributed by atoms with Crippen LogP contribution in [0.1, 0.15) is 36.5 Å². The summed E-state index contributed by atoms with van der Waals surface area (Å²) < 4.78 is 32.9. The third-order valence-corrected chi connectivity index (χ3v) is 7.23. The molecule has 3 rings (SSSR count). The summed E-state index contributed by atoms with van der Waals surface area (Å²) in [5, 5.41) is 2.91. The predicted molar refractivity (Wildman–Crippen MR) is 110 cm³/mol. The second kappa shape index (κ2) is 8.51. The molecule has 1 aliphatic rings. The van der Waals surface area contributed by atoms with Crippen LogP contribution in [-0.2, 0) is 10.0 Å². The quantitative estimate of drug-likeness (QED) is 0.784. The molecule has 1 amide bonds. The monoisotopic (exact) mass is 422 g/mol. The Morgan fingerprint density at radius 2 is 1.96 bits per heavy atom. The van der Waals surface area contributed by atoms with Crippen molar-refractivity contribution in [2.24, 2.45) is 0 Å². The van der Waals surface area contributed by atoms with Gasteiger partial charge in [0.1, 0.15) is 5.75 Å². The molecular formula is C20H23ClN2O4S. The minimum absolute atomic E-state index is 0.0656. The molecule has 1 atom stereocenters. The lowest BCUT2D eigenvalue weighted by Crippen LogP contribution is -2.41. The fraction of sp³-hybridized carbons (Fsp3) is 0.350. The van der Waals surface area contributed by atoms with Gasteiger partial charge in [-0.2, -0.15) is 4.31 Å². The van der Waals surface area contributed by atoms with Gasteiger partial charge in [0.25, 0.3) is 5.91 Å². The van der Waals surface area contributed by atoms with E-state index >= 15 is 0 Å². The van der Waals surface area contributed by atoms with E-state index in [4.69, 9.17) is 16.3 Å². The van der Waals surface area contributed by atoms with Crippen LogP contribution < -0.4 is 10.1 Å². The number of piperidine rings is 1. The van der Waals surface area contributed by atoms with E-state index in [9.17, 15) is 13.2 Å². The average molecular weight is 423 g/mol. The summed E-state index contributed by atoms with van der Waals surface area (Å²) in [6, 6.07) is 11.1. The van der Waals surface area contributed by atoms with Crippen LogP contribution in [0.3, 0.4) is 0 Å². The number of methoxy groups -OCH3 is 1. The number of ether oxygens (including phenoxy) is 1. The third kappa shape index (κ3) is 4.16. The molecule has 1 heterocycles. The normalized spacial score (nSPS) is 17.9. The van der Waals surface area contributed by atoms with E-state index in [-0.39, 0.29) is 21.5 Å². The Balaban J connectivity index is 1.92. The molecule has 1 unspecified atom stereocenters. The van der Waals surface area contributed by atoms with Crippen molar-refractivity contribution in [1.29, 1.82) is 0 Å². The minimum Gasteiger partial charge on any atom is -0.495 e. The number of nitrogens with zero attached hydrogens (tertiary/aromatic N) is 1. The average Bonchev–Trinajstić information content (AvgIpc) is 2.68. The van der Waals surface area contributed by atoms with Gasteiger partial charge in [-0.1, -0.05) is 30.2 Å². The molecule has 2 aromatic rings. The number of carbonyl (C=O) groups excluding carboxylic acids is 1. The van der Waals surface area contributed by atoms with E-state index in [0.717, 1.165) is 19.3 Å². The zero-order chi connectivity index (χ0) is 20.3. The van der Waals surface area contributed by atoms with Crippen LogP contribution in [0.5, 0.6) is 5.75 Å². The highest BCUT2D eigenvalue weighted by Crippen LogP contribution is 2.29. The molecule has 0 radical (unpaired) electrons. The van der Waals surface area contributed by atoms with Crippen LogP contribution in [0.25, 0.3) is 0 Å². The van der Waals surface area contributed by atoms with E-state index in [1.165, 1.54) is 29.6 Å². The van der Waals surface area contributed by atoms with Crippen LogP contribution >= 0.6 is 11.6 Å². The second-order valence-electron chi connectivity index (χ2n) is 6.76.